The fourth-order valence-electron chi connectivity index (χ4n) is 5.91. The predicted molar refractivity (Wildman–Crippen MR) is 144 cm³/mol. The van der Waals surface area contributed by atoms with E-state index in [-0.39, 0.29) is 0 Å². The van der Waals surface area contributed by atoms with Crippen LogP contribution in [-0.2, 0) is 17.6 Å². The van der Waals surface area contributed by atoms with Crippen molar-refractivity contribution in [2.75, 3.05) is 0 Å². The summed E-state index contributed by atoms with van der Waals surface area (Å²) in [5.74, 6) is 0. The first-order chi connectivity index (χ1) is 16.1. The highest BCUT2D eigenvalue weighted by molar-refractivity contribution is 5.85. The van der Waals surface area contributed by atoms with Crippen LogP contribution in [0.15, 0.2) is 12.2 Å². The first-order valence-electron chi connectivity index (χ1n) is 12.6. The zero-order chi connectivity index (χ0) is 25.2. The molecule has 0 aromatic heterocycles. The van der Waals surface area contributed by atoms with E-state index in [9.17, 15) is 4.79 Å². The van der Waals surface area contributed by atoms with Crippen molar-refractivity contribution in [2.45, 2.75) is 93.9 Å². The maximum atomic E-state index is 10.8. The van der Waals surface area contributed by atoms with Crippen molar-refractivity contribution in [1.82, 2.24) is 0 Å². The Labute approximate surface area is 206 Å². The van der Waals surface area contributed by atoms with Crippen LogP contribution in [0.25, 0.3) is 11.1 Å². The van der Waals surface area contributed by atoms with E-state index in [2.05, 4.69) is 61.5 Å². The Balaban J connectivity index is 0.000000191. The van der Waals surface area contributed by atoms with Gasteiger partial charge in [-0.05, 0) is 178 Å². The first kappa shape index (κ1) is 25.7. The van der Waals surface area contributed by atoms with Gasteiger partial charge in [0, 0.05) is 6.08 Å². The molecule has 34 heavy (non-hydrogen) atoms. The van der Waals surface area contributed by atoms with Crippen LogP contribution >= 0.6 is 0 Å². The fraction of sp³-hybridized carbons (Fsp3) is 0.438. The van der Waals surface area contributed by atoms with Crippen molar-refractivity contribution in [3.63, 3.8) is 0 Å². The van der Waals surface area contributed by atoms with Crippen LogP contribution in [0.3, 0.4) is 0 Å². The van der Waals surface area contributed by atoms with Crippen LogP contribution in [0.1, 0.15) is 92.4 Å². The van der Waals surface area contributed by atoms with Gasteiger partial charge in [0.2, 0.25) is 0 Å². The largest absolute Gasteiger partial charge is 0.299 e. The minimum Gasteiger partial charge on any atom is -0.299 e. The lowest BCUT2D eigenvalue weighted by molar-refractivity contribution is -0.104. The number of hydrogen-bond acceptors (Lipinski definition) is 2. The summed E-state index contributed by atoms with van der Waals surface area (Å²) in [6.45, 7) is 17.6. The van der Waals surface area contributed by atoms with Gasteiger partial charge in [0.25, 0.3) is 0 Å². The SMILES string of the molecule is Cc1c(C)c(C)c2c(c1C)CCCC2=CC#N.Cc1c(C)c(C)c2c(c1C)CCCC2=CC=O. The van der Waals surface area contributed by atoms with E-state index in [0.717, 1.165) is 38.4 Å². The third-order valence-corrected chi connectivity index (χ3v) is 8.53. The van der Waals surface area contributed by atoms with Gasteiger partial charge >= 0.3 is 0 Å². The highest BCUT2D eigenvalue weighted by atomic mass is 16.1. The fourth-order valence-corrected chi connectivity index (χ4v) is 5.91. The summed E-state index contributed by atoms with van der Waals surface area (Å²) in [5, 5.41) is 8.90. The maximum absolute atomic E-state index is 10.8. The van der Waals surface area contributed by atoms with Crippen LogP contribution in [0.5, 0.6) is 0 Å². The van der Waals surface area contributed by atoms with Gasteiger partial charge in [0.15, 0.2) is 0 Å². The second-order valence-electron chi connectivity index (χ2n) is 10.0. The molecular weight excluding hydrogens is 414 g/mol. The lowest BCUT2D eigenvalue weighted by Crippen LogP contribution is -2.10. The molecule has 0 fully saturated rings. The predicted octanol–water partition coefficient (Wildman–Crippen LogP) is 8.00. The molecule has 0 saturated heterocycles. The molecule has 2 aliphatic carbocycles. The van der Waals surface area contributed by atoms with Crippen LogP contribution in [-0.4, -0.2) is 6.29 Å². The Kier molecular flexibility index (Phi) is 7.98. The lowest BCUT2D eigenvalue weighted by Gasteiger charge is -2.26. The van der Waals surface area contributed by atoms with Crippen molar-refractivity contribution in [2.24, 2.45) is 0 Å². The molecule has 0 atom stereocenters. The van der Waals surface area contributed by atoms with Crippen LogP contribution < -0.4 is 0 Å². The van der Waals surface area contributed by atoms with Crippen molar-refractivity contribution in [3.05, 3.63) is 78.9 Å². The molecule has 0 heterocycles. The molecule has 0 aliphatic heterocycles. The van der Waals surface area contributed by atoms with E-state index in [1.807, 2.05) is 0 Å². The summed E-state index contributed by atoms with van der Waals surface area (Å²) >= 11 is 0. The molecule has 2 aliphatic rings. The van der Waals surface area contributed by atoms with Gasteiger partial charge in [-0.1, -0.05) is 0 Å². The molecule has 0 amide bonds. The van der Waals surface area contributed by atoms with Crippen LogP contribution in [0.2, 0.25) is 0 Å². The number of nitriles is 1. The molecule has 2 heteroatoms. The average molecular weight is 454 g/mol. The number of benzene rings is 2. The molecule has 0 bridgehead atoms. The highest BCUT2D eigenvalue weighted by Gasteiger charge is 2.22. The smallest absolute Gasteiger partial charge is 0.143 e. The van der Waals surface area contributed by atoms with E-state index in [1.54, 1.807) is 12.2 Å². The molecule has 2 aromatic carbocycles. The summed E-state index contributed by atoms with van der Waals surface area (Å²) in [6, 6.07) is 2.20. The lowest BCUT2D eigenvalue weighted by atomic mass is 9.79. The summed E-state index contributed by atoms with van der Waals surface area (Å²) in [4.78, 5) is 10.8. The molecule has 0 saturated carbocycles. The third-order valence-electron chi connectivity index (χ3n) is 8.53. The van der Waals surface area contributed by atoms with Gasteiger partial charge in [-0.3, -0.25) is 4.79 Å². The number of fused-ring (bicyclic) bond motifs is 2. The number of rotatable bonds is 1. The molecule has 4 rings (SSSR count). The van der Waals surface area contributed by atoms with E-state index in [4.69, 9.17) is 5.26 Å². The molecule has 2 nitrogen and oxygen atoms in total. The van der Waals surface area contributed by atoms with Crippen LogP contribution in [0.4, 0.5) is 0 Å². The van der Waals surface area contributed by atoms with E-state index in [0.29, 0.717) is 0 Å². The first-order valence-corrected chi connectivity index (χ1v) is 12.6. The molecule has 0 unspecified atom stereocenters. The Bertz CT molecular complexity index is 1250. The Morgan fingerprint density at radius 2 is 1.00 bits per heavy atom. The van der Waals surface area contributed by atoms with Gasteiger partial charge in [0.1, 0.15) is 6.29 Å². The number of carbonyl (C=O) groups excluding carboxylic acids is 1. The standard InChI is InChI=1S/C16H19N.C16H20O/c2*1-10-11(2)13(4)16-14(8-9-17)6-5-7-15(16)12(10)3/h8H,5-7H2,1-4H3;8-9H,5-7H2,1-4H3. The zero-order valence-electron chi connectivity index (χ0n) is 22.3. The molecular formula is C32H39NO. The van der Waals surface area contributed by atoms with Gasteiger partial charge in [-0.15, -0.1) is 0 Å². The topological polar surface area (TPSA) is 40.9 Å². The molecule has 0 N–H and O–H groups in total. The molecule has 178 valence electrons. The van der Waals surface area contributed by atoms with Crippen LogP contribution in [0, 0.1) is 66.7 Å². The Morgan fingerprint density at radius 1 is 0.588 bits per heavy atom. The minimum atomic E-state index is 0.925. The second kappa shape index (κ2) is 10.6. The minimum absolute atomic E-state index is 0.925. The van der Waals surface area contributed by atoms with Gasteiger partial charge < -0.3 is 0 Å². The van der Waals surface area contributed by atoms with Crippen molar-refractivity contribution in [1.29, 1.82) is 5.26 Å². The summed E-state index contributed by atoms with van der Waals surface area (Å²) in [5.41, 5.74) is 19.2. The van der Waals surface area contributed by atoms with E-state index < -0.39 is 0 Å². The van der Waals surface area contributed by atoms with Gasteiger partial charge in [-0.2, -0.15) is 5.26 Å². The Morgan fingerprint density at radius 3 is 1.44 bits per heavy atom. The molecule has 0 radical (unpaired) electrons. The van der Waals surface area contributed by atoms with Crippen molar-refractivity contribution >= 4 is 17.4 Å². The number of hydrogen-bond donors (Lipinski definition) is 0. The molecule has 0 spiro atoms. The number of aldehydes is 1. The van der Waals surface area contributed by atoms with Crippen molar-refractivity contribution in [3.8, 4) is 6.07 Å². The monoisotopic (exact) mass is 453 g/mol. The van der Waals surface area contributed by atoms with Crippen molar-refractivity contribution < 1.29 is 4.79 Å². The molecule has 2 aromatic rings. The third kappa shape index (κ3) is 4.54. The zero-order valence-corrected chi connectivity index (χ0v) is 22.3. The summed E-state index contributed by atoms with van der Waals surface area (Å²) < 4.78 is 0. The van der Waals surface area contributed by atoms with E-state index in [1.165, 1.54) is 84.3 Å². The van der Waals surface area contributed by atoms with Gasteiger partial charge in [-0.25, -0.2) is 0 Å². The number of allylic oxidation sites excluding steroid dienone is 4. The second-order valence-corrected chi connectivity index (χ2v) is 10.0. The quantitative estimate of drug-likeness (QED) is 0.249. The average Bonchev–Trinajstić information content (AvgIpc) is 2.84. The normalized spacial score (nSPS) is 16.9. The maximum Gasteiger partial charge on any atom is 0.143 e. The Hall–Kier alpha value is -2.92. The number of nitrogens with zero attached hydrogens (tertiary/aromatic N) is 1. The summed E-state index contributed by atoms with van der Waals surface area (Å²) in [7, 11) is 0. The highest BCUT2D eigenvalue weighted by Crippen LogP contribution is 2.39. The number of carbonyl (C=O) groups is 1. The van der Waals surface area contributed by atoms with E-state index >= 15 is 0 Å². The van der Waals surface area contributed by atoms with Gasteiger partial charge in [0.05, 0.1) is 6.07 Å². The summed E-state index contributed by atoms with van der Waals surface area (Å²) in [6.07, 6.45) is 11.1.